The van der Waals surface area contributed by atoms with E-state index >= 15 is 0 Å². The Balaban J connectivity index is 0.00000102. The molecular weight excluding hydrogens is 550 g/mol. The van der Waals surface area contributed by atoms with Gasteiger partial charge in [0, 0.05) is 47.7 Å². The van der Waals surface area contributed by atoms with Crippen LogP contribution in [0.25, 0.3) is 0 Å². The maximum Gasteiger partial charge on any atom is 0.290 e. The van der Waals surface area contributed by atoms with Gasteiger partial charge in [0.25, 0.3) is 16.5 Å². The number of nitrogens with zero attached hydrogens (tertiary/aromatic N) is 2. The molecule has 5 rings (SSSR count). The molecule has 0 atom stereocenters. The first-order chi connectivity index (χ1) is 17.7. The van der Waals surface area contributed by atoms with E-state index in [4.69, 9.17) is 26.2 Å². The monoisotopic (exact) mass is 572 g/mol. The van der Waals surface area contributed by atoms with E-state index < -0.39 is 26.6 Å². The second-order valence-corrected chi connectivity index (χ2v) is 11.5. The van der Waals surface area contributed by atoms with Crippen molar-refractivity contribution in [2.75, 3.05) is 36.3 Å². The van der Waals surface area contributed by atoms with E-state index in [2.05, 4.69) is 19.9 Å². The quantitative estimate of drug-likeness (QED) is 0.346. The summed E-state index contributed by atoms with van der Waals surface area (Å²) in [5, 5.41) is 11.8. The zero-order valence-corrected chi connectivity index (χ0v) is 21.7. The maximum atomic E-state index is 14.7. The number of carboxylic acid groups (broad SMARTS) is 1. The van der Waals surface area contributed by atoms with Gasteiger partial charge in [-0.25, -0.2) is 22.2 Å². The van der Waals surface area contributed by atoms with Crippen LogP contribution in [0.3, 0.4) is 0 Å². The Morgan fingerprint density at radius 3 is 2.49 bits per heavy atom. The van der Waals surface area contributed by atoms with Gasteiger partial charge in [0.05, 0.1) is 18.7 Å². The molecule has 1 aromatic heterocycles. The Labute approximate surface area is 221 Å². The molecular formula is C23H23ClF2N4O5S2. The summed E-state index contributed by atoms with van der Waals surface area (Å²) >= 11 is 7.58. The van der Waals surface area contributed by atoms with Crippen molar-refractivity contribution in [1.29, 1.82) is 0 Å². The molecule has 198 valence electrons. The fourth-order valence-corrected chi connectivity index (χ4v) is 6.28. The number of benzene rings is 2. The largest absolute Gasteiger partial charge is 0.483 e. The third-order valence-electron chi connectivity index (χ3n) is 5.95. The Kier molecular flexibility index (Phi) is 8.29. The Morgan fingerprint density at radius 1 is 1.24 bits per heavy atom. The molecule has 2 aromatic carbocycles. The van der Waals surface area contributed by atoms with E-state index in [0.717, 1.165) is 60.9 Å². The third kappa shape index (κ3) is 6.18. The average molecular weight is 573 g/mol. The number of anilines is 2. The zero-order chi connectivity index (χ0) is 26.6. The summed E-state index contributed by atoms with van der Waals surface area (Å²) in [6.45, 7) is 4.22. The van der Waals surface area contributed by atoms with Crippen LogP contribution in [0.4, 0.5) is 20.3 Å². The minimum absolute atomic E-state index is 0.00444. The van der Waals surface area contributed by atoms with Crippen molar-refractivity contribution in [3.63, 3.8) is 0 Å². The van der Waals surface area contributed by atoms with Gasteiger partial charge in [-0.05, 0) is 29.3 Å². The molecule has 9 nitrogen and oxygen atoms in total. The normalized spacial score (nSPS) is 16.2. The molecule has 2 saturated heterocycles. The second kappa shape index (κ2) is 11.3. The zero-order valence-electron chi connectivity index (χ0n) is 19.3. The van der Waals surface area contributed by atoms with E-state index in [9.17, 15) is 17.2 Å². The highest BCUT2D eigenvalue weighted by molar-refractivity contribution is 7.92. The van der Waals surface area contributed by atoms with Crippen LogP contribution in [0.15, 0.2) is 46.1 Å². The summed E-state index contributed by atoms with van der Waals surface area (Å²) in [6.07, 6.45) is 0. The third-order valence-corrected chi connectivity index (χ3v) is 8.30. The summed E-state index contributed by atoms with van der Waals surface area (Å²) in [5.41, 5.74) is 3.63. The predicted octanol–water partition coefficient (Wildman–Crippen LogP) is 4.02. The van der Waals surface area contributed by atoms with Gasteiger partial charge in [0.15, 0.2) is 10.7 Å². The summed E-state index contributed by atoms with van der Waals surface area (Å²) < 4.78 is 61.7. The smallest absolute Gasteiger partial charge is 0.290 e. The molecule has 0 bridgehead atoms. The lowest BCUT2D eigenvalue weighted by Crippen LogP contribution is -2.65. The standard InChI is InChI=1S/C22H21ClF2N4O3S2.CH2O2/c23-17-3-1-2-14(7-29-9-22(10-29)11-32-12-22)16(17)6-26-15-4-18(24)21(19(25)5-15)34(30,31)28-20-8-33-13-27-20;2-1-3/h1-5,8,13,26,28H,6-7,9-12H2;1H,(H,2,3). The molecule has 3 heterocycles. The number of aromatic nitrogens is 1. The van der Waals surface area contributed by atoms with Crippen molar-refractivity contribution in [3.8, 4) is 0 Å². The number of rotatable bonds is 8. The molecule has 2 aliphatic rings. The second-order valence-electron chi connectivity index (χ2n) is 8.72. The highest BCUT2D eigenvalue weighted by Crippen LogP contribution is 2.39. The molecule has 0 amide bonds. The first kappa shape index (κ1) is 27.2. The SMILES string of the molecule is O=CO.O=S(=O)(Nc1cscn1)c1c(F)cc(NCc2c(Cl)cccc2CN2CC3(COC3)C2)cc1F. The van der Waals surface area contributed by atoms with Crippen molar-refractivity contribution < 1.29 is 31.8 Å². The minimum atomic E-state index is -4.48. The van der Waals surface area contributed by atoms with Gasteiger partial charge in [-0.2, -0.15) is 0 Å². The summed E-state index contributed by atoms with van der Waals surface area (Å²) in [7, 11) is -4.48. The van der Waals surface area contributed by atoms with Crippen LogP contribution in [0.2, 0.25) is 5.02 Å². The van der Waals surface area contributed by atoms with Gasteiger partial charge >= 0.3 is 0 Å². The van der Waals surface area contributed by atoms with Gasteiger partial charge in [0.2, 0.25) is 0 Å². The van der Waals surface area contributed by atoms with Crippen LogP contribution in [-0.2, 0) is 32.6 Å². The number of ether oxygens (including phenoxy) is 1. The van der Waals surface area contributed by atoms with Gasteiger partial charge in [0.1, 0.15) is 11.6 Å². The van der Waals surface area contributed by atoms with Crippen LogP contribution >= 0.6 is 22.9 Å². The molecule has 2 aliphatic heterocycles. The number of thiazole rings is 1. The van der Waals surface area contributed by atoms with Gasteiger partial charge in [-0.3, -0.25) is 14.4 Å². The van der Waals surface area contributed by atoms with E-state index in [-0.39, 0.29) is 24.5 Å². The maximum absolute atomic E-state index is 14.7. The van der Waals surface area contributed by atoms with E-state index in [1.807, 2.05) is 12.1 Å². The highest BCUT2D eigenvalue weighted by atomic mass is 35.5. The Morgan fingerprint density at radius 2 is 1.92 bits per heavy atom. The molecule has 0 radical (unpaired) electrons. The number of halogens is 3. The first-order valence-corrected chi connectivity index (χ1v) is 13.7. The van der Waals surface area contributed by atoms with Crippen LogP contribution < -0.4 is 10.0 Å². The minimum Gasteiger partial charge on any atom is -0.483 e. The van der Waals surface area contributed by atoms with E-state index in [0.29, 0.717) is 17.0 Å². The van der Waals surface area contributed by atoms with Gasteiger partial charge < -0.3 is 15.2 Å². The number of hydrogen-bond donors (Lipinski definition) is 3. The average Bonchev–Trinajstić information content (AvgIpc) is 3.26. The summed E-state index contributed by atoms with van der Waals surface area (Å²) in [6, 6.07) is 7.51. The molecule has 1 spiro atoms. The molecule has 0 unspecified atom stereocenters. The van der Waals surface area contributed by atoms with Crippen LogP contribution in [0.1, 0.15) is 11.1 Å². The summed E-state index contributed by atoms with van der Waals surface area (Å²) in [5.74, 6) is -2.42. The van der Waals surface area contributed by atoms with Gasteiger partial charge in [-0.1, -0.05) is 23.7 Å². The highest BCUT2D eigenvalue weighted by Gasteiger charge is 2.48. The topological polar surface area (TPSA) is 121 Å². The van der Waals surface area contributed by atoms with E-state index in [1.165, 1.54) is 10.9 Å². The van der Waals surface area contributed by atoms with E-state index in [1.54, 1.807) is 6.07 Å². The van der Waals surface area contributed by atoms with Crippen molar-refractivity contribution in [2.24, 2.45) is 5.41 Å². The number of hydrogen-bond acceptors (Lipinski definition) is 8. The lowest BCUT2D eigenvalue weighted by atomic mass is 9.78. The molecule has 14 heteroatoms. The van der Waals surface area contributed by atoms with Crippen molar-refractivity contribution in [3.05, 3.63) is 69.0 Å². The van der Waals surface area contributed by atoms with Crippen LogP contribution in [0.5, 0.6) is 0 Å². The Bertz CT molecular complexity index is 1340. The molecule has 0 saturated carbocycles. The van der Waals surface area contributed by atoms with Crippen molar-refractivity contribution >= 4 is 50.9 Å². The molecule has 3 aromatic rings. The molecule has 37 heavy (non-hydrogen) atoms. The predicted molar refractivity (Wildman–Crippen MR) is 135 cm³/mol. The molecule has 3 N–H and O–H groups in total. The van der Waals surface area contributed by atoms with Gasteiger partial charge in [-0.15, -0.1) is 11.3 Å². The number of carbonyl (C=O) groups is 1. The summed E-state index contributed by atoms with van der Waals surface area (Å²) in [4.78, 5) is 13.4. The molecule has 0 aliphatic carbocycles. The van der Waals surface area contributed by atoms with Crippen LogP contribution in [0, 0.1) is 17.0 Å². The van der Waals surface area contributed by atoms with Crippen molar-refractivity contribution in [2.45, 2.75) is 18.0 Å². The fourth-order valence-electron chi connectivity index (χ4n) is 4.34. The lowest BCUT2D eigenvalue weighted by Gasteiger charge is -2.55. The van der Waals surface area contributed by atoms with Crippen molar-refractivity contribution in [1.82, 2.24) is 9.88 Å². The number of likely N-dealkylation sites (tertiary alicyclic amines) is 1. The Hall–Kier alpha value is -2.84. The number of nitrogens with one attached hydrogen (secondary N) is 2. The first-order valence-electron chi connectivity index (χ1n) is 10.9. The number of sulfonamides is 1. The van der Waals surface area contributed by atoms with Crippen LogP contribution in [-0.4, -0.2) is 56.2 Å². The molecule has 2 fully saturated rings. The fraction of sp³-hybridized carbons (Fsp3) is 0.304. The lowest BCUT2D eigenvalue weighted by molar-refractivity contribution is -0.191.